The molecule has 2 unspecified atom stereocenters. The Hall–Kier alpha value is -3.26. The standard InChI is InChI=1S/C21H24N6O2/c1-13(19(22)14-6-4-3-5-7-14)21(28)23-16-10-11-18(29-2)17(12-16)27-20(15-8-9-15)24-25-26-27/h3-7,10-13,15,19H,8-9,22H2,1-2H3,(H,23,28). The van der Waals surface area contributed by atoms with Crippen LogP contribution >= 0.6 is 0 Å². The van der Waals surface area contributed by atoms with Crippen molar-refractivity contribution in [3.8, 4) is 11.4 Å². The Morgan fingerprint density at radius 2 is 2.00 bits per heavy atom. The van der Waals surface area contributed by atoms with Crippen LogP contribution in [0, 0.1) is 5.92 Å². The molecule has 1 aromatic heterocycles. The van der Waals surface area contributed by atoms with Crippen molar-refractivity contribution in [3.05, 3.63) is 59.9 Å². The van der Waals surface area contributed by atoms with Gasteiger partial charge in [0.2, 0.25) is 5.91 Å². The van der Waals surface area contributed by atoms with E-state index in [-0.39, 0.29) is 5.91 Å². The lowest BCUT2D eigenvalue weighted by Crippen LogP contribution is -2.30. The topological polar surface area (TPSA) is 108 Å². The van der Waals surface area contributed by atoms with E-state index in [1.807, 2.05) is 43.3 Å². The number of hydrogen-bond donors (Lipinski definition) is 2. The van der Waals surface area contributed by atoms with E-state index in [2.05, 4.69) is 20.8 Å². The van der Waals surface area contributed by atoms with Crippen molar-refractivity contribution >= 4 is 11.6 Å². The molecule has 0 bridgehead atoms. The Balaban J connectivity index is 1.56. The second-order valence-electron chi connectivity index (χ2n) is 7.32. The molecule has 3 N–H and O–H groups in total. The second kappa shape index (κ2) is 8.00. The molecule has 1 aliphatic rings. The molecule has 1 aliphatic carbocycles. The number of tetrazole rings is 1. The van der Waals surface area contributed by atoms with Crippen molar-refractivity contribution in [2.45, 2.75) is 31.7 Å². The summed E-state index contributed by atoms with van der Waals surface area (Å²) in [6.07, 6.45) is 2.15. The van der Waals surface area contributed by atoms with Gasteiger partial charge in [-0.2, -0.15) is 4.68 Å². The Labute approximate surface area is 169 Å². The van der Waals surface area contributed by atoms with Crippen LogP contribution in [-0.2, 0) is 4.79 Å². The predicted molar refractivity (Wildman–Crippen MR) is 109 cm³/mol. The second-order valence-corrected chi connectivity index (χ2v) is 7.32. The van der Waals surface area contributed by atoms with E-state index in [4.69, 9.17) is 10.5 Å². The highest BCUT2D eigenvalue weighted by atomic mass is 16.5. The molecule has 3 aromatic rings. The molecular formula is C21H24N6O2. The molecule has 8 nitrogen and oxygen atoms in total. The zero-order valence-electron chi connectivity index (χ0n) is 16.4. The lowest BCUT2D eigenvalue weighted by Gasteiger charge is -2.20. The van der Waals surface area contributed by atoms with Gasteiger partial charge in [0, 0.05) is 17.6 Å². The Bertz CT molecular complexity index is 999. The molecular weight excluding hydrogens is 368 g/mol. The number of nitrogens with two attached hydrogens (primary N) is 1. The molecule has 0 aliphatic heterocycles. The summed E-state index contributed by atoms with van der Waals surface area (Å²) < 4.78 is 7.16. The lowest BCUT2D eigenvalue weighted by atomic mass is 9.94. The van der Waals surface area contributed by atoms with Gasteiger partial charge in [-0.3, -0.25) is 4.79 Å². The van der Waals surface area contributed by atoms with E-state index in [9.17, 15) is 4.79 Å². The van der Waals surface area contributed by atoms with E-state index in [1.54, 1.807) is 23.9 Å². The number of hydrogen-bond acceptors (Lipinski definition) is 6. The number of carbonyl (C=O) groups is 1. The Kier molecular flexibility index (Phi) is 5.26. The summed E-state index contributed by atoms with van der Waals surface area (Å²) in [6, 6.07) is 14.6. The molecule has 1 heterocycles. The lowest BCUT2D eigenvalue weighted by molar-refractivity contribution is -0.120. The van der Waals surface area contributed by atoms with Gasteiger partial charge in [-0.15, -0.1) is 5.10 Å². The molecule has 4 rings (SSSR count). The third-order valence-corrected chi connectivity index (χ3v) is 5.25. The minimum atomic E-state index is -0.405. The minimum Gasteiger partial charge on any atom is -0.494 e. The molecule has 0 spiro atoms. The fraction of sp³-hybridized carbons (Fsp3) is 0.333. The highest BCUT2D eigenvalue weighted by molar-refractivity contribution is 5.93. The summed E-state index contributed by atoms with van der Waals surface area (Å²) in [5.74, 6) is 1.25. The average Bonchev–Trinajstić information content (AvgIpc) is 3.49. The number of amides is 1. The van der Waals surface area contributed by atoms with Crippen molar-refractivity contribution in [1.82, 2.24) is 20.2 Å². The van der Waals surface area contributed by atoms with Gasteiger partial charge in [-0.05, 0) is 47.0 Å². The van der Waals surface area contributed by atoms with E-state index in [1.165, 1.54) is 0 Å². The molecule has 8 heteroatoms. The van der Waals surface area contributed by atoms with Crippen LogP contribution in [0.15, 0.2) is 48.5 Å². The first-order valence-corrected chi connectivity index (χ1v) is 9.66. The first kappa shape index (κ1) is 19.1. The number of nitrogens with one attached hydrogen (secondary N) is 1. The average molecular weight is 392 g/mol. The predicted octanol–water partition coefficient (Wildman–Crippen LogP) is 2.82. The van der Waals surface area contributed by atoms with Crippen LogP contribution < -0.4 is 15.8 Å². The van der Waals surface area contributed by atoms with E-state index in [0.717, 1.165) is 24.2 Å². The molecule has 1 saturated carbocycles. The van der Waals surface area contributed by atoms with E-state index < -0.39 is 12.0 Å². The molecule has 1 amide bonds. The van der Waals surface area contributed by atoms with Crippen molar-refractivity contribution in [3.63, 3.8) is 0 Å². The van der Waals surface area contributed by atoms with Crippen molar-refractivity contribution in [2.24, 2.45) is 11.7 Å². The summed E-state index contributed by atoms with van der Waals surface area (Å²) in [5.41, 5.74) is 8.55. The first-order valence-electron chi connectivity index (χ1n) is 9.66. The van der Waals surface area contributed by atoms with E-state index in [0.29, 0.717) is 23.0 Å². The van der Waals surface area contributed by atoms with Crippen LogP contribution in [0.25, 0.3) is 5.69 Å². The summed E-state index contributed by atoms with van der Waals surface area (Å²) in [7, 11) is 1.60. The molecule has 2 aromatic carbocycles. The fourth-order valence-corrected chi connectivity index (χ4v) is 3.28. The maximum atomic E-state index is 12.8. The zero-order valence-corrected chi connectivity index (χ0v) is 16.4. The van der Waals surface area contributed by atoms with Crippen LogP contribution in [0.2, 0.25) is 0 Å². The Morgan fingerprint density at radius 3 is 2.69 bits per heavy atom. The van der Waals surface area contributed by atoms with Gasteiger partial charge in [0.15, 0.2) is 5.82 Å². The molecule has 150 valence electrons. The largest absolute Gasteiger partial charge is 0.494 e. The van der Waals surface area contributed by atoms with Gasteiger partial charge >= 0.3 is 0 Å². The zero-order chi connectivity index (χ0) is 20.4. The van der Waals surface area contributed by atoms with Gasteiger partial charge in [-0.25, -0.2) is 0 Å². The van der Waals surface area contributed by atoms with Crippen molar-refractivity contribution < 1.29 is 9.53 Å². The highest BCUT2D eigenvalue weighted by Gasteiger charge is 2.31. The van der Waals surface area contributed by atoms with Gasteiger partial charge < -0.3 is 15.8 Å². The smallest absolute Gasteiger partial charge is 0.229 e. The van der Waals surface area contributed by atoms with Crippen LogP contribution in [-0.4, -0.2) is 33.2 Å². The number of aromatic nitrogens is 4. The van der Waals surface area contributed by atoms with E-state index >= 15 is 0 Å². The Morgan fingerprint density at radius 1 is 1.24 bits per heavy atom. The molecule has 2 atom stereocenters. The molecule has 0 saturated heterocycles. The number of anilines is 1. The number of rotatable bonds is 7. The number of carbonyl (C=O) groups excluding carboxylic acids is 1. The molecule has 29 heavy (non-hydrogen) atoms. The number of ether oxygens (including phenoxy) is 1. The fourth-order valence-electron chi connectivity index (χ4n) is 3.28. The number of methoxy groups -OCH3 is 1. The third-order valence-electron chi connectivity index (χ3n) is 5.25. The van der Waals surface area contributed by atoms with Gasteiger partial charge in [0.25, 0.3) is 0 Å². The van der Waals surface area contributed by atoms with Crippen LogP contribution in [0.5, 0.6) is 5.75 Å². The van der Waals surface area contributed by atoms with Gasteiger partial charge in [-0.1, -0.05) is 37.3 Å². The highest BCUT2D eigenvalue weighted by Crippen LogP contribution is 2.40. The summed E-state index contributed by atoms with van der Waals surface area (Å²) in [4.78, 5) is 12.8. The number of nitrogens with zero attached hydrogens (tertiary/aromatic N) is 4. The molecule has 1 fully saturated rings. The number of benzene rings is 2. The van der Waals surface area contributed by atoms with Crippen LogP contribution in [0.1, 0.15) is 43.1 Å². The van der Waals surface area contributed by atoms with Crippen LogP contribution in [0.4, 0.5) is 5.69 Å². The minimum absolute atomic E-state index is 0.156. The van der Waals surface area contributed by atoms with Gasteiger partial charge in [0.05, 0.1) is 13.0 Å². The van der Waals surface area contributed by atoms with Crippen molar-refractivity contribution in [1.29, 1.82) is 0 Å². The quantitative estimate of drug-likeness (QED) is 0.640. The van der Waals surface area contributed by atoms with Crippen molar-refractivity contribution in [2.75, 3.05) is 12.4 Å². The SMILES string of the molecule is COc1ccc(NC(=O)C(C)C(N)c2ccccc2)cc1-n1nnnc1C1CC1. The maximum Gasteiger partial charge on any atom is 0.229 e. The normalized spacial score (nSPS) is 15.6. The summed E-state index contributed by atoms with van der Waals surface area (Å²) in [6.45, 7) is 1.82. The summed E-state index contributed by atoms with van der Waals surface area (Å²) in [5, 5.41) is 15.0. The van der Waals surface area contributed by atoms with Gasteiger partial charge in [0.1, 0.15) is 11.4 Å². The van der Waals surface area contributed by atoms with Crippen LogP contribution in [0.3, 0.4) is 0 Å². The maximum absolute atomic E-state index is 12.8. The third kappa shape index (κ3) is 3.97. The summed E-state index contributed by atoms with van der Waals surface area (Å²) >= 11 is 0. The monoisotopic (exact) mass is 392 g/mol. The molecule has 0 radical (unpaired) electrons. The first-order chi connectivity index (χ1) is 14.1.